The Morgan fingerprint density at radius 3 is 2.68 bits per heavy atom. The van der Waals surface area contributed by atoms with Crippen LogP contribution in [-0.4, -0.2) is 15.7 Å². The Labute approximate surface area is 118 Å². The number of halogens is 2. The molecule has 0 radical (unpaired) electrons. The van der Waals surface area contributed by atoms with E-state index >= 15 is 0 Å². The van der Waals surface area contributed by atoms with Crippen LogP contribution in [0.25, 0.3) is 0 Å². The number of nitrogens with one attached hydrogen (secondary N) is 1. The summed E-state index contributed by atoms with van der Waals surface area (Å²) in [5.41, 5.74) is 2.48. The van der Waals surface area contributed by atoms with Crippen LogP contribution in [0.1, 0.15) is 21.7 Å². The molecule has 100 valence electrons. The fourth-order valence-corrected chi connectivity index (χ4v) is 2.23. The van der Waals surface area contributed by atoms with Gasteiger partial charge in [0.05, 0.1) is 22.6 Å². The van der Waals surface area contributed by atoms with E-state index < -0.39 is 5.82 Å². The van der Waals surface area contributed by atoms with Crippen LogP contribution >= 0.6 is 15.9 Å². The summed E-state index contributed by atoms with van der Waals surface area (Å²) < 4.78 is 15.4. The van der Waals surface area contributed by atoms with Crippen molar-refractivity contribution < 1.29 is 9.18 Å². The van der Waals surface area contributed by atoms with E-state index in [0.717, 1.165) is 11.4 Å². The van der Waals surface area contributed by atoms with Crippen molar-refractivity contribution in [2.45, 2.75) is 13.8 Å². The number of benzene rings is 1. The topological polar surface area (TPSA) is 46.9 Å². The molecular weight excluding hydrogens is 313 g/mol. The fourth-order valence-electron chi connectivity index (χ4n) is 1.81. The minimum absolute atomic E-state index is 0.252. The van der Waals surface area contributed by atoms with E-state index in [1.54, 1.807) is 11.7 Å². The summed E-state index contributed by atoms with van der Waals surface area (Å²) in [6.07, 6.45) is 0. The molecule has 0 bridgehead atoms. The molecule has 0 saturated carbocycles. The van der Waals surface area contributed by atoms with E-state index in [1.165, 1.54) is 18.2 Å². The number of aromatic nitrogens is 2. The number of hydrogen-bond donors (Lipinski definition) is 1. The van der Waals surface area contributed by atoms with Gasteiger partial charge in [0.2, 0.25) is 0 Å². The highest BCUT2D eigenvalue weighted by molar-refractivity contribution is 9.10. The molecule has 4 nitrogen and oxygen atoms in total. The molecular formula is C13H13BrFN3O. The van der Waals surface area contributed by atoms with E-state index in [-0.39, 0.29) is 11.5 Å². The van der Waals surface area contributed by atoms with Crippen LogP contribution in [0.5, 0.6) is 0 Å². The van der Waals surface area contributed by atoms with Gasteiger partial charge in [-0.3, -0.25) is 9.48 Å². The molecule has 0 aliphatic carbocycles. The smallest absolute Gasteiger partial charge is 0.257 e. The third-order valence-electron chi connectivity index (χ3n) is 2.92. The molecule has 2 aromatic rings. The molecule has 0 fully saturated rings. The Kier molecular flexibility index (Phi) is 3.71. The van der Waals surface area contributed by atoms with Crippen LogP contribution in [0, 0.1) is 19.7 Å². The Morgan fingerprint density at radius 2 is 2.11 bits per heavy atom. The van der Waals surface area contributed by atoms with Gasteiger partial charge in [-0.15, -0.1) is 0 Å². The van der Waals surface area contributed by atoms with E-state index in [0.29, 0.717) is 10.2 Å². The van der Waals surface area contributed by atoms with Gasteiger partial charge in [0.25, 0.3) is 5.91 Å². The average Bonchev–Trinajstić information content (AvgIpc) is 2.59. The molecule has 0 atom stereocenters. The van der Waals surface area contributed by atoms with Gasteiger partial charge in [-0.1, -0.05) is 0 Å². The molecule has 19 heavy (non-hydrogen) atoms. The lowest BCUT2D eigenvalue weighted by molar-refractivity contribution is 0.102. The van der Waals surface area contributed by atoms with Gasteiger partial charge >= 0.3 is 0 Å². The lowest BCUT2D eigenvalue weighted by Crippen LogP contribution is -2.14. The van der Waals surface area contributed by atoms with E-state index in [1.807, 2.05) is 13.8 Å². The zero-order chi connectivity index (χ0) is 14.2. The van der Waals surface area contributed by atoms with Gasteiger partial charge < -0.3 is 5.32 Å². The van der Waals surface area contributed by atoms with E-state index in [2.05, 4.69) is 26.3 Å². The van der Waals surface area contributed by atoms with Gasteiger partial charge in [0.15, 0.2) is 0 Å². The third-order valence-corrected chi connectivity index (χ3v) is 3.61. The fraction of sp³-hybridized carbons (Fsp3) is 0.231. The first-order valence-electron chi connectivity index (χ1n) is 5.66. The Morgan fingerprint density at radius 1 is 1.42 bits per heavy atom. The standard InChI is InChI=1S/C13H13BrFN3O/c1-7-12(8(2)18(3)17-7)16-13(19)10-6-9(15)4-5-11(10)14/h4-6H,1-3H3,(H,16,19). The number of nitrogens with zero attached hydrogens (tertiary/aromatic N) is 2. The van der Waals surface area contributed by atoms with Crippen LogP contribution < -0.4 is 5.32 Å². The summed E-state index contributed by atoms with van der Waals surface area (Å²) in [4.78, 5) is 12.2. The number of hydrogen-bond acceptors (Lipinski definition) is 2. The molecule has 1 aromatic heterocycles. The number of amides is 1. The number of aryl methyl sites for hydroxylation is 2. The minimum atomic E-state index is -0.451. The highest BCUT2D eigenvalue weighted by atomic mass is 79.9. The molecule has 1 heterocycles. The molecule has 0 unspecified atom stereocenters. The predicted octanol–water partition coefficient (Wildman–Crippen LogP) is 3.19. The zero-order valence-electron chi connectivity index (χ0n) is 10.8. The molecule has 2 rings (SSSR count). The molecule has 1 N–H and O–H groups in total. The number of carbonyl (C=O) groups excluding carboxylic acids is 1. The second kappa shape index (κ2) is 5.13. The van der Waals surface area contributed by atoms with Crippen LogP contribution in [0.3, 0.4) is 0 Å². The second-order valence-electron chi connectivity index (χ2n) is 4.25. The largest absolute Gasteiger partial charge is 0.319 e. The minimum Gasteiger partial charge on any atom is -0.319 e. The summed E-state index contributed by atoms with van der Waals surface area (Å²) in [6, 6.07) is 4.00. The summed E-state index contributed by atoms with van der Waals surface area (Å²) in [5.74, 6) is -0.821. The zero-order valence-corrected chi connectivity index (χ0v) is 12.4. The maximum Gasteiger partial charge on any atom is 0.257 e. The van der Waals surface area contributed by atoms with Crippen molar-refractivity contribution >= 4 is 27.5 Å². The second-order valence-corrected chi connectivity index (χ2v) is 5.10. The van der Waals surface area contributed by atoms with Gasteiger partial charge in [0, 0.05) is 11.5 Å². The van der Waals surface area contributed by atoms with Crippen molar-refractivity contribution in [3.05, 3.63) is 45.4 Å². The Bertz CT molecular complexity index is 652. The molecule has 6 heteroatoms. The maximum atomic E-state index is 13.2. The summed E-state index contributed by atoms with van der Waals surface area (Å²) >= 11 is 3.24. The maximum absolute atomic E-state index is 13.2. The van der Waals surface area contributed by atoms with Crippen LogP contribution in [0.4, 0.5) is 10.1 Å². The third kappa shape index (κ3) is 2.68. The lowest BCUT2D eigenvalue weighted by atomic mass is 10.2. The molecule has 0 saturated heterocycles. The average molecular weight is 326 g/mol. The van der Waals surface area contributed by atoms with E-state index in [9.17, 15) is 9.18 Å². The van der Waals surface area contributed by atoms with Crippen LogP contribution in [0.15, 0.2) is 22.7 Å². The van der Waals surface area contributed by atoms with Crippen LogP contribution in [-0.2, 0) is 7.05 Å². The quantitative estimate of drug-likeness (QED) is 0.921. The van der Waals surface area contributed by atoms with Gasteiger partial charge in [-0.25, -0.2) is 4.39 Å². The normalized spacial score (nSPS) is 10.6. The summed E-state index contributed by atoms with van der Waals surface area (Å²) in [7, 11) is 1.80. The highest BCUT2D eigenvalue weighted by Crippen LogP contribution is 2.22. The van der Waals surface area contributed by atoms with Crippen molar-refractivity contribution in [2.75, 3.05) is 5.32 Å². The molecule has 0 aliphatic rings. The molecule has 0 aliphatic heterocycles. The predicted molar refractivity (Wildman–Crippen MR) is 74.7 cm³/mol. The molecule has 0 spiro atoms. The first kappa shape index (κ1) is 13.7. The highest BCUT2D eigenvalue weighted by Gasteiger charge is 2.16. The van der Waals surface area contributed by atoms with Crippen molar-refractivity contribution in [2.24, 2.45) is 7.05 Å². The van der Waals surface area contributed by atoms with Crippen molar-refractivity contribution in [1.82, 2.24) is 9.78 Å². The van der Waals surface area contributed by atoms with Crippen molar-refractivity contribution in [1.29, 1.82) is 0 Å². The Hall–Kier alpha value is -1.69. The van der Waals surface area contributed by atoms with Crippen molar-refractivity contribution in [3.63, 3.8) is 0 Å². The van der Waals surface area contributed by atoms with Gasteiger partial charge in [-0.05, 0) is 48.0 Å². The van der Waals surface area contributed by atoms with Crippen LogP contribution in [0.2, 0.25) is 0 Å². The number of rotatable bonds is 2. The van der Waals surface area contributed by atoms with Crippen molar-refractivity contribution in [3.8, 4) is 0 Å². The first-order chi connectivity index (χ1) is 8.90. The molecule has 1 aromatic carbocycles. The summed E-state index contributed by atoms with van der Waals surface area (Å²) in [5, 5.41) is 6.98. The lowest BCUT2D eigenvalue weighted by Gasteiger charge is -2.07. The number of anilines is 1. The Balaban J connectivity index is 2.33. The molecule has 1 amide bonds. The summed E-state index contributed by atoms with van der Waals surface area (Å²) in [6.45, 7) is 3.67. The van der Waals surface area contributed by atoms with Gasteiger partial charge in [0.1, 0.15) is 5.82 Å². The first-order valence-corrected chi connectivity index (χ1v) is 6.46. The van der Waals surface area contributed by atoms with Gasteiger partial charge in [-0.2, -0.15) is 5.10 Å². The monoisotopic (exact) mass is 325 g/mol. The SMILES string of the molecule is Cc1nn(C)c(C)c1NC(=O)c1cc(F)ccc1Br. The van der Waals surface area contributed by atoms with E-state index in [4.69, 9.17) is 0 Å². The number of carbonyl (C=O) groups is 1.